The number of sulfonamides is 1. The van der Waals surface area contributed by atoms with Crippen LogP contribution in [0.1, 0.15) is 23.2 Å². The maximum atomic E-state index is 13.0. The maximum Gasteiger partial charge on any atom is 0.257 e. The van der Waals surface area contributed by atoms with Crippen molar-refractivity contribution in [2.75, 3.05) is 18.4 Å². The molecule has 1 aliphatic heterocycles. The highest BCUT2D eigenvalue weighted by molar-refractivity contribution is 7.89. The Labute approximate surface area is 181 Å². The molecule has 1 aliphatic rings. The van der Waals surface area contributed by atoms with E-state index in [9.17, 15) is 13.2 Å². The lowest BCUT2D eigenvalue weighted by Gasteiger charge is -2.17. The monoisotopic (exact) mass is 440 g/mol. The summed E-state index contributed by atoms with van der Waals surface area (Å²) < 4.78 is 27.2. The Hall–Kier alpha value is -2.67. The van der Waals surface area contributed by atoms with E-state index in [1.54, 1.807) is 6.07 Å². The average Bonchev–Trinajstić information content (AvgIpc) is 3.31. The first-order valence-electron chi connectivity index (χ1n) is 9.72. The van der Waals surface area contributed by atoms with Gasteiger partial charge in [-0.3, -0.25) is 4.79 Å². The molecule has 0 aliphatic carbocycles. The van der Waals surface area contributed by atoms with Crippen molar-refractivity contribution >= 4 is 33.2 Å². The molecule has 154 valence electrons. The maximum absolute atomic E-state index is 13.0. The number of halogens is 1. The Morgan fingerprint density at radius 3 is 2.30 bits per heavy atom. The first kappa shape index (κ1) is 20.6. The van der Waals surface area contributed by atoms with Crippen molar-refractivity contribution in [1.29, 1.82) is 0 Å². The van der Waals surface area contributed by atoms with Crippen LogP contribution >= 0.6 is 11.6 Å². The van der Waals surface area contributed by atoms with Gasteiger partial charge in [-0.15, -0.1) is 0 Å². The molecular weight excluding hydrogens is 420 g/mol. The quantitative estimate of drug-likeness (QED) is 0.604. The number of anilines is 1. The van der Waals surface area contributed by atoms with Gasteiger partial charge in [-0.05, 0) is 42.7 Å². The Bertz CT molecular complexity index is 1170. The molecule has 4 rings (SSSR count). The number of carbonyl (C=O) groups excluding carboxylic acids is 1. The zero-order valence-electron chi connectivity index (χ0n) is 16.2. The number of nitrogens with zero attached hydrogens (tertiary/aromatic N) is 1. The van der Waals surface area contributed by atoms with Crippen LogP contribution in [-0.4, -0.2) is 31.7 Å². The largest absolute Gasteiger partial charge is 0.321 e. The van der Waals surface area contributed by atoms with E-state index in [-0.39, 0.29) is 15.5 Å². The second kappa shape index (κ2) is 8.60. The first-order valence-corrected chi connectivity index (χ1v) is 11.5. The highest BCUT2D eigenvalue weighted by atomic mass is 35.5. The zero-order chi connectivity index (χ0) is 21.1. The molecule has 0 saturated carbocycles. The van der Waals surface area contributed by atoms with Gasteiger partial charge < -0.3 is 5.32 Å². The molecule has 1 fully saturated rings. The molecule has 1 N–H and O–H groups in total. The highest BCUT2D eigenvalue weighted by Crippen LogP contribution is 2.30. The lowest BCUT2D eigenvalue weighted by atomic mass is 10.0. The van der Waals surface area contributed by atoms with E-state index in [0.717, 1.165) is 24.0 Å². The van der Waals surface area contributed by atoms with Gasteiger partial charge >= 0.3 is 0 Å². The molecule has 0 radical (unpaired) electrons. The van der Waals surface area contributed by atoms with E-state index < -0.39 is 15.9 Å². The van der Waals surface area contributed by atoms with E-state index in [4.69, 9.17) is 11.6 Å². The van der Waals surface area contributed by atoms with Gasteiger partial charge in [0.25, 0.3) is 5.91 Å². The number of para-hydroxylation sites is 1. The number of benzene rings is 3. The minimum atomic E-state index is -3.64. The number of carbonyl (C=O) groups is 1. The molecule has 7 heteroatoms. The van der Waals surface area contributed by atoms with Crippen molar-refractivity contribution in [3.05, 3.63) is 83.4 Å². The van der Waals surface area contributed by atoms with Gasteiger partial charge in [0, 0.05) is 24.3 Å². The van der Waals surface area contributed by atoms with Crippen LogP contribution in [0.4, 0.5) is 5.69 Å². The van der Waals surface area contributed by atoms with Gasteiger partial charge in [-0.25, -0.2) is 8.42 Å². The van der Waals surface area contributed by atoms with Crippen LogP contribution in [-0.2, 0) is 10.0 Å². The van der Waals surface area contributed by atoms with Crippen molar-refractivity contribution in [3.8, 4) is 11.1 Å². The van der Waals surface area contributed by atoms with Crippen molar-refractivity contribution in [1.82, 2.24) is 4.31 Å². The smallest absolute Gasteiger partial charge is 0.257 e. The van der Waals surface area contributed by atoms with Crippen LogP contribution < -0.4 is 5.32 Å². The fourth-order valence-corrected chi connectivity index (χ4v) is 5.31. The van der Waals surface area contributed by atoms with Crippen molar-refractivity contribution in [2.45, 2.75) is 17.7 Å². The Morgan fingerprint density at radius 1 is 0.900 bits per heavy atom. The predicted molar refractivity (Wildman–Crippen MR) is 119 cm³/mol. The van der Waals surface area contributed by atoms with Crippen LogP contribution in [0.2, 0.25) is 5.02 Å². The number of hydrogen-bond acceptors (Lipinski definition) is 3. The van der Waals surface area contributed by atoms with Crippen LogP contribution in [0.5, 0.6) is 0 Å². The van der Waals surface area contributed by atoms with Crippen LogP contribution in [0.25, 0.3) is 11.1 Å². The summed E-state index contributed by atoms with van der Waals surface area (Å²) in [5.41, 5.74) is 2.57. The molecule has 1 saturated heterocycles. The zero-order valence-corrected chi connectivity index (χ0v) is 17.8. The van der Waals surface area contributed by atoms with Gasteiger partial charge in [0.2, 0.25) is 10.0 Å². The fourth-order valence-electron chi connectivity index (χ4n) is 3.57. The minimum Gasteiger partial charge on any atom is -0.321 e. The van der Waals surface area contributed by atoms with Crippen molar-refractivity contribution < 1.29 is 13.2 Å². The molecule has 0 spiro atoms. The summed E-state index contributed by atoms with van der Waals surface area (Å²) in [4.78, 5) is 13.1. The van der Waals surface area contributed by atoms with E-state index in [2.05, 4.69) is 5.32 Å². The Balaban J connectivity index is 1.65. The fraction of sp³-hybridized carbons (Fsp3) is 0.174. The van der Waals surface area contributed by atoms with Crippen LogP contribution in [0.3, 0.4) is 0 Å². The summed E-state index contributed by atoms with van der Waals surface area (Å²) in [6, 6.07) is 21.4. The summed E-state index contributed by atoms with van der Waals surface area (Å²) in [5.74, 6) is -0.457. The number of hydrogen-bond donors (Lipinski definition) is 1. The average molecular weight is 441 g/mol. The lowest BCUT2D eigenvalue weighted by Crippen LogP contribution is -2.28. The second-order valence-corrected chi connectivity index (χ2v) is 9.46. The molecule has 1 heterocycles. The number of amides is 1. The molecular formula is C23H21ClN2O3S. The third kappa shape index (κ3) is 4.12. The normalized spacial score (nSPS) is 14.6. The van der Waals surface area contributed by atoms with Gasteiger partial charge in [0.1, 0.15) is 0 Å². The summed E-state index contributed by atoms with van der Waals surface area (Å²) >= 11 is 6.25. The summed E-state index contributed by atoms with van der Waals surface area (Å²) in [7, 11) is -3.64. The van der Waals surface area contributed by atoms with Crippen molar-refractivity contribution in [2.24, 2.45) is 0 Å². The van der Waals surface area contributed by atoms with Gasteiger partial charge in [-0.1, -0.05) is 60.1 Å². The van der Waals surface area contributed by atoms with Gasteiger partial charge in [0.15, 0.2) is 0 Å². The Kier molecular flexibility index (Phi) is 5.90. The molecule has 1 amide bonds. The molecule has 0 unspecified atom stereocenters. The SMILES string of the molecule is O=C(Nc1ccccc1-c1ccccc1)c1cc(S(=O)(=O)N2CCCC2)ccc1Cl. The molecule has 0 atom stereocenters. The second-order valence-electron chi connectivity index (χ2n) is 7.12. The lowest BCUT2D eigenvalue weighted by molar-refractivity contribution is 0.102. The van der Waals surface area contributed by atoms with E-state index in [0.29, 0.717) is 18.8 Å². The molecule has 3 aromatic carbocycles. The summed E-state index contributed by atoms with van der Waals surface area (Å²) in [5, 5.41) is 3.08. The molecule has 5 nitrogen and oxygen atoms in total. The van der Waals surface area contributed by atoms with E-state index >= 15 is 0 Å². The van der Waals surface area contributed by atoms with Crippen LogP contribution in [0, 0.1) is 0 Å². The summed E-state index contributed by atoms with van der Waals surface area (Å²) in [6.07, 6.45) is 1.69. The highest BCUT2D eigenvalue weighted by Gasteiger charge is 2.28. The van der Waals surface area contributed by atoms with Crippen LogP contribution in [0.15, 0.2) is 77.7 Å². The summed E-state index contributed by atoms with van der Waals surface area (Å²) in [6.45, 7) is 0.994. The van der Waals surface area contributed by atoms with E-state index in [1.807, 2.05) is 48.5 Å². The third-order valence-electron chi connectivity index (χ3n) is 5.15. The molecule has 0 aromatic heterocycles. The molecule has 30 heavy (non-hydrogen) atoms. The molecule has 3 aromatic rings. The minimum absolute atomic E-state index is 0.0790. The Morgan fingerprint density at radius 2 is 1.57 bits per heavy atom. The van der Waals surface area contributed by atoms with E-state index in [1.165, 1.54) is 22.5 Å². The van der Waals surface area contributed by atoms with Crippen molar-refractivity contribution in [3.63, 3.8) is 0 Å². The standard InChI is InChI=1S/C23H21ClN2O3S/c24-21-13-12-18(30(28,29)26-14-6-7-15-26)16-20(21)23(27)25-22-11-5-4-10-19(22)17-8-2-1-3-9-17/h1-5,8-13,16H,6-7,14-15H2,(H,25,27). The van der Waals surface area contributed by atoms with Gasteiger partial charge in [-0.2, -0.15) is 4.31 Å². The molecule has 0 bridgehead atoms. The van der Waals surface area contributed by atoms with Gasteiger partial charge in [0.05, 0.1) is 15.5 Å². The number of nitrogens with one attached hydrogen (secondary N) is 1. The third-order valence-corrected chi connectivity index (χ3v) is 7.37. The first-order chi connectivity index (χ1) is 14.5. The predicted octanol–water partition coefficient (Wildman–Crippen LogP) is 5.04. The topological polar surface area (TPSA) is 66.5 Å². The number of rotatable bonds is 5.